The highest BCUT2D eigenvalue weighted by molar-refractivity contribution is 5.99. The van der Waals surface area contributed by atoms with Crippen LogP contribution in [-0.2, 0) is 4.79 Å². The van der Waals surface area contributed by atoms with Gasteiger partial charge in [-0.15, -0.1) is 0 Å². The second-order valence-corrected chi connectivity index (χ2v) is 5.94. The number of carbonyl (C=O) groups is 2. The predicted octanol–water partition coefficient (Wildman–Crippen LogP) is 2.47. The van der Waals surface area contributed by atoms with Crippen LogP contribution in [0.5, 0.6) is 0 Å². The third-order valence-corrected chi connectivity index (χ3v) is 4.28. The van der Waals surface area contributed by atoms with E-state index in [4.69, 9.17) is 0 Å². The third-order valence-electron chi connectivity index (χ3n) is 4.28. The molecule has 21 heavy (non-hydrogen) atoms. The predicted molar refractivity (Wildman–Crippen MR) is 81.8 cm³/mol. The Kier molecular flexibility index (Phi) is 4.32. The molecule has 3 N–H and O–H groups in total. The maximum Gasteiger partial charge on any atom is 0.336 e. The summed E-state index contributed by atoms with van der Waals surface area (Å²) in [6.07, 6.45) is 2.88. The van der Waals surface area contributed by atoms with Gasteiger partial charge in [0.05, 0.1) is 11.1 Å². The molecule has 1 aromatic rings. The minimum atomic E-state index is -0.978. The van der Waals surface area contributed by atoms with Crippen molar-refractivity contribution in [2.45, 2.75) is 45.6 Å². The van der Waals surface area contributed by atoms with Gasteiger partial charge in [-0.3, -0.25) is 4.79 Å². The Morgan fingerprint density at radius 2 is 2.00 bits per heavy atom. The van der Waals surface area contributed by atoms with Crippen LogP contribution in [0.3, 0.4) is 0 Å². The van der Waals surface area contributed by atoms with Gasteiger partial charge < -0.3 is 15.7 Å². The second-order valence-electron chi connectivity index (χ2n) is 5.94. The number of benzene rings is 1. The fourth-order valence-electron chi connectivity index (χ4n) is 2.67. The number of piperidine rings is 1. The summed E-state index contributed by atoms with van der Waals surface area (Å²) in [5, 5.41) is 15.3. The van der Waals surface area contributed by atoms with E-state index in [0.717, 1.165) is 36.9 Å². The van der Waals surface area contributed by atoms with Crippen molar-refractivity contribution in [3.63, 3.8) is 0 Å². The molecule has 114 valence electrons. The average Bonchev–Trinajstić information content (AvgIpc) is 2.43. The normalized spacial score (nSPS) is 21.9. The molecule has 1 atom stereocenters. The number of carboxylic acids is 1. The summed E-state index contributed by atoms with van der Waals surface area (Å²) < 4.78 is 0. The van der Waals surface area contributed by atoms with Gasteiger partial charge in [-0.25, -0.2) is 4.79 Å². The lowest BCUT2D eigenvalue weighted by Gasteiger charge is -2.33. The van der Waals surface area contributed by atoms with Crippen LogP contribution in [0.25, 0.3) is 0 Å². The van der Waals surface area contributed by atoms with E-state index in [1.165, 1.54) is 6.07 Å². The number of hydrogen-bond donors (Lipinski definition) is 3. The van der Waals surface area contributed by atoms with Crippen LogP contribution < -0.4 is 10.6 Å². The fourth-order valence-corrected chi connectivity index (χ4v) is 2.67. The SMILES string of the molecule is Cc1cc(NC(=O)C2(C)CCCCN2)cc(C(=O)O)c1C. The number of carbonyl (C=O) groups excluding carboxylic acids is 1. The van der Waals surface area contributed by atoms with Crippen molar-refractivity contribution in [3.05, 3.63) is 28.8 Å². The first-order chi connectivity index (χ1) is 9.83. The highest BCUT2D eigenvalue weighted by atomic mass is 16.4. The highest BCUT2D eigenvalue weighted by Crippen LogP contribution is 2.24. The van der Waals surface area contributed by atoms with Crippen LogP contribution in [0.1, 0.15) is 47.7 Å². The van der Waals surface area contributed by atoms with Crippen molar-refractivity contribution in [1.29, 1.82) is 0 Å². The zero-order chi connectivity index (χ0) is 15.6. The number of amides is 1. The van der Waals surface area contributed by atoms with Crippen LogP contribution in [0.4, 0.5) is 5.69 Å². The van der Waals surface area contributed by atoms with Crippen LogP contribution in [-0.4, -0.2) is 29.1 Å². The molecule has 1 unspecified atom stereocenters. The molecule has 5 nitrogen and oxygen atoms in total. The zero-order valence-electron chi connectivity index (χ0n) is 12.7. The van der Waals surface area contributed by atoms with E-state index in [2.05, 4.69) is 10.6 Å². The first-order valence-electron chi connectivity index (χ1n) is 7.24. The Morgan fingerprint density at radius 3 is 2.57 bits per heavy atom. The molecule has 2 rings (SSSR count). The van der Waals surface area contributed by atoms with E-state index < -0.39 is 11.5 Å². The summed E-state index contributed by atoms with van der Waals surface area (Å²) in [5.41, 5.74) is 1.76. The van der Waals surface area contributed by atoms with Gasteiger partial charge in [0.2, 0.25) is 5.91 Å². The molecule has 1 heterocycles. The topological polar surface area (TPSA) is 78.4 Å². The zero-order valence-corrected chi connectivity index (χ0v) is 12.7. The van der Waals surface area contributed by atoms with E-state index in [1.807, 2.05) is 19.9 Å². The average molecular weight is 290 g/mol. The summed E-state index contributed by atoms with van der Waals surface area (Å²) in [5.74, 6) is -1.09. The van der Waals surface area contributed by atoms with Crippen LogP contribution in [0.15, 0.2) is 12.1 Å². The van der Waals surface area contributed by atoms with Gasteiger partial charge in [-0.1, -0.05) is 0 Å². The quantitative estimate of drug-likeness (QED) is 0.799. The molecule has 0 aromatic heterocycles. The Labute approximate surface area is 124 Å². The molecular formula is C16H22N2O3. The number of aryl methyl sites for hydroxylation is 1. The Balaban J connectivity index is 2.23. The monoisotopic (exact) mass is 290 g/mol. The molecule has 1 aliphatic rings. The van der Waals surface area contributed by atoms with Gasteiger partial charge in [0.25, 0.3) is 0 Å². The summed E-state index contributed by atoms with van der Waals surface area (Å²) in [7, 11) is 0. The lowest BCUT2D eigenvalue weighted by Crippen LogP contribution is -2.54. The van der Waals surface area contributed by atoms with E-state index in [9.17, 15) is 14.7 Å². The molecular weight excluding hydrogens is 268 g/mol. The van der Waals surface area contributed by atoms with Gasteiger partial charge in [0.1, 0.15) is 0 Å². The molecule has 5 heteroatoms. The Morgan fingerprint density at radius 1 is 1.29 bits per heavy atom. The molecule has 0 spiro atoms. The lowest BCUT2D eigenvalue weighted by atomic mass is 9.90. The molecule has 1 saturated heterocycles. The van der Waals surface area contributed by atoms with Crippen LogP contribution >= 0.6 is 0 Å². The van der Waals surface area contributed by atoms with Gasteiger partial charge >= 0.3 is 5.97 Å². The van der Waals surface area contributed by atoms with Gasteiger partial charge in [-0.05, 0) is 69.8 Å². The smallest absolute Gasteiger partial charge is 0.336 e. The maximum absolute atomic E-state index is 12.4. The van der Waals surface area contributed by atoms with Crippen LogP contribution in [0, 0.1) is 13.8 Å². The molecule has 1 aromatic carbocycles. The van der Waals surface area contributed by atoms with Gasteiger partial charge in [-0.2, -0.15) is 0 Å². The highest BCUT2D eigenvalue weighted by Gasteiger charge is 2.34. The molecule has 0 radical (unpaired) electrons. The molecule has 0 aliphatic carbocycles. The van der Waals surface area contributed by atoms with E-state index in [1.54, 1.807) is 6.92 Å². The van der Waals surface area contributed by atoms with Crippen molar-refractivity contribution in [3.8, 4) is 0 Å². The van der Waals surface area contributed by atoms with Crippen molar-refractivity contribution in [2.24, 2.45) is 0 Å². The number of carboxylic acid groups (broad SMARTS) is 1. The molecule has 1 fully saturated rings. The van der Waals surface area contributed by atoms with Crippen molar-refractivity contribution in [1.82, 2.24) is 5.32 Å². The summed E-state index contributed by atoms with van der Waals surface area (Å²) in [6.45, 7) is 6.34. The van der Waals surface area contributed by atoms with Crippen molar-refractivity contribution < 1.29 is 14.7 Å². The van der Waals surface area contributed by atoms with Gasteiger partial charge in [0.15, 0.2) is 0 Å². The fraction of sp³-hybridized carbons (Fsp3) is 0.500. The number of anilines is 1. The van der Waals surface area contributed by atoms with Gasteiger partial charge in [0, 0.05) is 5.69 Å². The third kappa shape index (κ3) is 3.24. The van der Waals surface area contributed by atoms with E-state index in [0.29, 0.717) is 5.69 Å². The second kappa shape index (κ2) is 5.85. The Bertz CT molecular complexity index is 575. The van der Waals surface area contributed by atoms with E-state index >= 15 is 0 Å². The number of rotatable bonds is 3. The molecule has 1 amide bonds. The summed E-state index contributed by atoms with van der Waals surface area (Å²) in [6, 6.07) is 3.33. The summed E-state index contributed by atoms with van der Waals surface area (Å²) in [4.78, 5) is 23.7. The number of hydrogen-bond acceptors (Lipinski definition) is 3. The Hall–Kier alpha value is -1.88. The number of aromatic carboxylic acids is 1. The first kappa shape index (κ1) is 15.5. The van der Waals surface area contributed by atoms with E-state index in [-0.39, 0.29) is 11.5 Å². The minimum Gasteiger partial charge on any atom is -0.478 e. The number of nitrogens with one attached hydrogen (secondary N) is 2. The first-order valence-corrected chi connectivity index (χ1v) is 7.24. The van der Waals surface area contributed by atoms with Crippen molar-refractivity contribution >= 4 is 17.6 Å². The molecule has 0 bridgehead atoms. The molecule has 1 aliphatic heterocycles. The lowest BCUT2D eigenvalue weighted by molar-refractivity contribution is -0.122. The van der Waals surface area contributed by atoms with Crippen molar-refractivity contribution in [2.75, 3.05) is 11.9 Å². The standard InChI is InChI=1S/C16H22N2O3/c1-10-8-12(9-13(11(10)2)14(19)20)18-15(21)16(3)6-4-5-7-17-16/h8-9,17H,4-7H2,1-3H3,(H,18,21)(H,19,20). The van der Waals surface area contributed by atoms with Crippen LogP contribution in [0.2, 0.25) is 0 Å². The maximum atomic E-state index is 12.4. The minimum absolute atomic E-state index is 0.109. The molecule has 0 saturated carbocycles. The largest absolute Gasteiger partial charge is 0.478 e. The summed E-state index contributed by atoms with van der Waals surface area (Å²) >= 11 is 0.